The normalized spacial score (nSPS) is 41.7. The zero-order valence-electron chi connectivity index (χ0n) is 28.9. The quantitative estimate of drug-likeness (QED) is 0.150. The molecule has 0 aliphatic carbocycles. The molecule has 3 saturated heterocycles. The van der Waals surface area contributed by atoms with Gasteiger partial charge in [0.2, 0.25) is 0 Å². The van der Waals surface area contributed by atoms with E-state index in [0.29, 0.717) is 0 Å². The van der Waals surface area contributed by atoms with Crippen molar-refractivity contribution in [3.8, 4) is 0 Å². The smallest absolute Gasteiger partial charge is 0.187 e. The predicted molar refractivity (Wildman–Crippen MR) is 175 cm³/mol. The first kappa shape index (κ1) is 45.1. The van der Waals surface area contributed by atoms with Crippen LogP contribution in [-0.4, -0.2) is 175 Å². The summed E-state index contributed by atoms with van der Waals surface area (Å²) in [7, 11) is 0. The Morgan fingerprint density at radius 1 is 0.489 bits per heavy atom. The van der Waals surface area contributed by atoms with Gasteiger partial charge in [-0.25, -0.2) is 0 Å². The number of aliphatic hydroxyl groups is 11. The predicted octanol–water partition coefficient (Wildman–Crippen LogP) is -1.73. The minimum Gasteiger partial charge on any atom is -0.394 e. The highest BCUT2D eigenvalue weighted by Gasteiger charge is 2.46. The van der Waals surface area contributed by atoms with Crippen LogP contribution in [0.4, 0.5) is 0 Å². The van der Waals surface area contributed by atoms with E-state index in [2.05, 4.69) is 0 Å². The number of aliphatic hydroxyl groups excluding tert-OH is 11. The van der Waals surface area contributed by atoms with E-state index < -0.39 is 96.0 Å². The third kappa shape index (κ3) is 14.3. The minimum atomic E-state index is -1.29. The van der Waals surface area contributed by atoms with Gasteiger partial charge in [-0.2, -0.15) is 0 Å². The third-order valence-corrected chi connectivity index (χ3v) is 9.57. The van der Waals surface area contributed by atoms with E-state index >= 15 is 0 Å². The van der Waals surface area contributed by atoms with Gasteiger partial charge in [-0.15, -0.1) is 23.5 Å². The van der Waals surface area contributed by atoms with Gasteiger partial charge in [0, 0.05) is 9.49 Å². The molecule has 3 heterocycles. The zero-order chi connectivity index (χ0) is 36.8. The standard InChI is InChI=1S/2C10H20O5S.C10H20O5/c2*1-10(2,3)16-9-8(14)7(13)6(12)5(4-11)15-9;1-5-6(11)7(12)8(13)9(14-5)15-10(2,3)4/h2*5-9,11-14H,4H2,1-3H3;5-9,11-13H,1-4H3. The van der Waals surface area contributed by atoms with Gasteiger partial charge in [-0.1, -0.05) is 41.5 Å². The van der Waals surface area contributed by atoms with Crippen LogP contribution in [0.15, 0.2) is 0 Å². The molecular weight excluding hydrogens is 664 g/mol. The Labute approximate surface area is 286 Å². The highest BCUT2D eigenvalue weighted by Crippen LogP contribution is 2.37. The molecule has 47 heavy (non-hydrogen) atoms. The van der Waals surface area contributed by atoms with Crippen LogP contribution >= 0.6 is 23.5 Å². The van der Waals surface area contributed by atoms with Crippen LogP contribution in [0, 0.1) is 0 Å². The van der Waals surface area contributed by atoms with E-state index in [-0.39, 0.29) is 22.7 Å². The lowest BCUT2D eigenvalue weighted by molar-refractivity contribution is -0.314. The largest absolute Gasteiger partial charge is 0.394 e. The second-order valence-electron chi connectivity index (χ2n) is 14.8. The summed E-state index contributed by atoms with van der Waals surface area (Å²) in [6, 6.07) is 0. The van der Waals surface area contributed by atoms with Crippen molar-refractivity contribution in [2.45, 2.75) is 175 Å². The van der Waals surface area contributed by atoms with Crippen molar-refractivity contribution in [1.82, 2.24) is 0 Å². The van der Waals surface area contributed by atoms with Gasteiger partial charge in [0.1, 0.15) is 78.0 Å². The molecule has 0 saturated carbocycles. The average molecular weight is 725 g/mol. The summed E-state index contributed by atoms with van der Waals surface area (Å²) in [5.41, 5.74) is -1.76. The topological polar surface area (TPSA) is 259 Å². The van der Waals surface area contributed by atoms with Gasteiger partial charge in [-0.05, 0) is 27.7 Å². The van der Waals surface area contributed by atoms with Crippen LogP contribution in [0.1, 0.15) is 69.2 Å². The fourth-order valence-electron chi connectivity index (χ4n) is 4.49. The first-order valence-corrected chi connectivity index (χ1v) is 17.3. The lowest BCUT2D eigenvalue weighted by Crippen LogP contribution is -2.58. The molecule has 15 atom stereocenters. The van der Waals surface area contributed by atoms with Crippen LogP contribution in [-0.2, 0) is 18.9 Å². The minimum absolute atomic E-state index is 0.145. The number of hydrogen-bond donors (Lipinski definition) is 11. The van der Waals surface area contributed by atoms with Crippen LogP contribution in [0.5, 0.6) is 0 Å². The third-order valence-electron chi connectivity index (χ3n) is 6.91. The first-order valence-electron chi connectivity index (χ1n) is 15.6. The summed E-state index contributed by atoms with van der Waals surface area (Å²) < 4.78 is 21.1. The van der Waals surface area contributed by atoms with Gasteiger partial charge in [0.15, 0.2) is 6.29 Å². The Morgan fingerprint density at radius 3 is 1.13 bits per heavy atom. The molecule has 0 spiro atoms. The maximum Gasteiger partial charge on any atom is 0.187 e. The van der Waals surface area contributed by atoms with Gasteiger partial charge < -0.3 is 75.1 Å². The van der Waals surface area contributed by atoms with E-state index in [0.717, 1.165) is 0 Å². The maximum atomic E-state index is 9.75. The summed E-state index contributed by atoms with van der Waals surface area (Å²) >= 11 is 2.71. The van der Waals surface area contributed by atoms with Gasteiger partial charge in [0.05, 0.1) is 24.9 Å². The molecule has 0 aromatic carbocycles. The van der Waals surface area contributed by atoms with Crippen molar-refractivity contribution in [1.29, 1.82) is 0 Å². The lowest BCUT2D eigenvalue weighted by atomic mass is 10.00. The number of rotatable bonds is 5. The van der Waals surface area contributed by atoms with Crippen LogP contribution in [0.25, 0.3) is 0 Å². The molecule has 15 nitrogen and oxygen atoms in total. The fraction of sp³-hybridized carbons (Fsp3) is 1.00. The van der Waals surface area contributed by atoms with Crippen molar-refractivity contribution in [2.24, 2.45) is 0 Å². The summed E-state index contributed by atoms with van der Waals surface area (Å²) in [5.74, 6) is 0. The Hall–Kier alpha value is 0.100. The Bertz CT molecular complexity index is 846. The molecule has 3 aliphatic rings. The Morgan fingerprint density at radius 2 is 0.830 bits per heavy atom. The molecule has 0 aromatic rings. The summed E-state index contributed by atoms with van der Waals surface area (Å²) in [6.45, 7) is 18.1. The van der Waals surface area contributed by atoms with Crippen molar-refractivity contribution in [2.75, 3.05) is 13.2 Å². The lowest BCUT2D eigenvalue weighted by Gasteiger charge is -2.41. The summed E-state index contributed by atoms with van der Waals surface area (Å²) in [4.78, 5) is 0. The monoisotopic (exact) mass is 724 g/mol. The molecule has 15 unspecified atom stereocenters. The molecule has 0 amide bonds. The molecule has 0 aromatic heterocycles. The molecule has 17 heteroatoms. The van der Waals surface area contributed by atoms with E-state index in [1.165, 1.54) is 23.5 Å². The highest BCUT2D eigenvalue weighted by atomic mass is 32.2. The Balaban J connectivity index is 0.000000353. The first-order chi connectivity index (χ1) is 21.2. The van der Waals surface area contributed by atoms with Crippen molar-refractivity contribution >= 4 is 23.5 Å². The van der Waals surface area contributed by atoms with Crippen LogP contribution in [0.3, 0.4) is 0 Å². The molecule has 3 fully saturated rings. The SMILES string of the molecule is CC(C)(C)SC1OC(CO)C(O)C(O)C1O.CC(C)(C)SC1OC(CO)C(O)C(O)C1O.CC1OC(OC(C)(C)C)C(O)C(O)C1O. The maximum absolute atomic E-state index is 9.75. The number of thioether (sulfide) groups is 2. The number of ether oxygens (including phenoxy) is 4. The van der Waals surface area contributed by atoms with E-state index in [1.54, 1.807) is 6.92 Å². The average Bonchev–Trinajstić information content (AvgIpc) is 2.94. The van der Waals surface area contributed by atoms with Gasteiger partial charge in [0.25, 0.3) is 0 Å². The van der Waals surface area contributed by atoms with Gasteiger partial charge >= 0.3 is 0 Å². The fourth-order valence-corrected chi connectivity index (χ4v) is 6.88. The molecule has 3 rings (SSSR count). The van der Waals surface area contributed by atoms with Crippen LogP contribution in [0.2, 0.25) is 0 Å². The molecule has 3 aliphatic heterocycles. The van der Waals surface area contributed by atoms with E-state index in [4.69, 9.17) is 29.2 Å². The summed E-state index contributed by atoms with van der Waals surface area (Å²) in [6.07, 6.45) is -14.1. The second kappa shape index (κ2) is 18.5. The molecule has 0 radical (unpaired) electrons. The van der Waals surface area contributed by atoms with Crippen molar-refractivity contribution in [3.05, 3.63) is 0 Å². The van der Waals surface area contributed by atoms with Crippen molar-refractivity contribution in [3.63, 3.8) is 0 Å². The molecule has 282 valence electrons. The zero-order valence-corrected chi connectivity index (χ0v) is 30.6. The number of hydrogen-bond acceptors (Lipinski definition) is 17. The summed E-state index contributed by atoms with van der Waals surface area (Å²) in [5, 5.41) is 104. The highest BCUT2D eigenvalue weighted by molar-refractivity contribution is 8.01. The molecule has 11 N–H and O–H groups in total. The van der Waals surface area contributed by atoms with Crippen LogP contribution < -0.4 is 0 Å². The Kier molecular flexibility index (Phi) is 17.8. The second-order valence-corrected chi connectivity index (χ2v) is 18.6. The van der Waals surface area contributed by atoms with Gasteiger partial charge in [-0.3, -0.25) is 0 Å². The van der Waals surface area contributed by atoms with Crippen molar-refractivity contribution < 1.29 is 75.1 Å². The van der Waals surface area contributed by atoms with E-state index in [1.807, 2.05) is 62.3 Å². The molecular formula is C30H60O15S2. The van der Waals surface area contributed by atoms with E-state index in [9.17, 15) is 46.0 Å². The molecule has 0 bridgehead atoms.